The molecule has 28 heavy (non-hydrogen) atoms. The Balaban J connectivity index is 1.14. The summed E-state index contributed by atoms with van der Waals surface area (Å²) in [5, 5.41) is 3.07. The van der Waals surface area contributed by atoms with E-state index in [2.05, 4.69) is 33.3 Å². The number of anilines is 1. The Kier molecular flexibility index (Phi) is 5.08. The summed E-state index contributed by atoms with van der Waals surface area (Å²) >= 11 is 0. The average Bonchev–Trinajstić information content (AvgIpc) is 3.14. The van der Waals surface area contributed by atoms with Crippen LogP contribution in [0.15, 0.2) is 18.2 Å². The van der Waals surface area contributed by atoms with Gasteiger partial charge in [-0.1, -0.05) is 6.07 Å². The van der Waals surface area contributed by atoms with Crippen molar-refractivity contribution in [2.24, 2.45) is 5.41 Å². The summed E-state index contributed by atoms with van der Waals surface area (Å²) in [6.07, 6.45) is 12.1. The van der Waals surface area contributed by atoms with Crippen LogP contribution in [-0.4, -0.2) is 49.6 Å². The summed E-state index contributed by atoms with van der Waals surface area (Å²) in [7, 11) is 0. The van der Waals surface area contributed by atoms with Crippen LogP contribution in [0.5, 0.6) is 0 Å². The zero-order chi connectivity index (χ0) is 19.0. The number of rotatable bonds is 2. The molecule has 0 radical (unpaired) electrons. The van der Waals surface area contributed by atoms with Gasteiger partial charge in [-0.15, -0.1) is 0 Å². The Morgan fingerprint density at radius 3 is 2.50 bits per heavy atom. The van der Waals surface area contributed by atoms with Gasteiger partial charge < -0.3 is 15.1 Å². The number of nitrogens with one attached hydrogen (secondary N) is 1. The Morgan fingerprint density at radius 2 is 1.68 bits per heavy atom. The first kappa shape index (κ1) is 18.5. The van der Waals surface area contributed by atoms with Crippen molar-refractivity contribution in [3.63, 3.8) is 0 Å². The lowest BCUT2D eigenvalue weighted by atomic mass is 9.72. The van der Waals surface area contributed by atoms with Crippen LogP contribution in [0.25, 0.3) is 0 Å². The minimum Gasteiger partial charge on any atom is -0.371 e. The van der Waals surface area contributed by atoms with Crippen molar-refractivity contribution in [2.75, 3.05) is 37.6 Å². The Morgan fingerprint density at radius 1 is 0.893 bits per heavy atom. The first-order chi connectivity index (χ1) is 13.7. The van der Waals surface area contributed by atoms with Crippen LogP contribution in [0.2, 0.25) is 0 Å². The molecule has 4 aliphatic rings. The van der Waals surface area contributed by atoms with E-state index in [1.807, 2.05) is 0 Å². The molecule has 1 N–H and O–H groups in total. The number of benzene rings is 1. The molecule has 0 aromatic heterocycles. The topological polar surface area (TPSA) is 35.6 Å². The molecule has 3 fully saturated rings. The van der Waals surface area contributed by atoms with Crippen LogP contribution in [0, 0.1) is 5.41 Å². The highest BCUT2D eigenvalue weighted by Gasteiger charge is 2.38. The number of nitrogens with zero attached hydrogens (tertiary/aromatic N) is 2. The normalized spacial score (nSPS) is 26.1. The van der Waals surface area contributed by atoms with Gasteiger partial charge in [-0.3, -0.25) is 4.79 Å². The zero-order valence-electron chi connectivity index (χ0n) is 17.2. The van der Waals surface area contributed by atoms with Gasteiger partial charge in [0.15, 0.2) is 0 Å². The fourth-order valence-corrected chi connectivity index (χ4v) is 6.17. The third kappa shape index (κ3) is 3.68. The van der Waals surface area contributed by atoms with Crippen molar-refractivity contribution in [1.29, 1.82) is 0 Å². The van der Waals surface area contributed by atoms with Crippen molar-refractivity contribution < 1.29 is 4.79 Å². The third-order valence-corrected chi connectivity index (χ3v) is 8.15. The molecule has 1 aliphatic carbocycles. The average molecular weight is 382 g/mol. The second-order valence-corrected chi connectivity index (χ2v) is 9.66. The maximum atomic E-state index is 11.7. The van der Waals surface area contributed by atoms with Gasteiger partial charge in [-0.2, -0.15) is 0 Å². The van der Waals surface area contributed by atoms with E-state index in [1.165, 1.54) is 83.2 Å². The van der Waals surface area contributed by atoms with Crippen LogP contribution in [0.3, 0.4) is 0 Å². The molecule has 0 unspecified atom stereocenters. The van der Waals surface area contributed by atoms with Gasteiger partial charge >= 0.3 is 0 Å². The van der Waals surface area contributed by atoms with Crippen molar-refractivity contribution >= 4 is 11.6 Å². The molecular formula is C24H35N3O. The largest absolute Gasteiger partial charge is 0.371 e. The summed E-state index contributed by atoms with van der Waals surface area (Å²) in [4.78, 5) is 17.1. The molecule has 3 heterocycles. The van der Waals surface area contributed by atoms with E-state index >= 15 is 0 Å². The van der Waals surface area contributed by atoms with Gasteiger partial charge in [0.1, 0.15) is 0 Å². The summed E-state index contributed by atoms with van der Waals surface area (Å²) in [5.74, 6) is 0.262. The first-order valence-corrected chi connectivity index (χ1v) is 11.6. The van der Waals surface area contributed by atoms with E-state index < -0.39 is 0 Å². The van der Waals surface area contributed by atoms with Gasteiger partial charge in [-0.25, -0.2) is 0 Å². The van der Waals surface area contributed by atoms with Crippen molar-refractivity contribution in [3.8, 4) is 0 Å². The van der Waals surface area contributed by atoms with Crippen molar-refractivity contribution in [3.05, 3.63) is 29.3 Å². The number of piperidine rings is 2. The second-order valence-electron chi connectivity index (χ2n) is 9.66. The lowest BCUT2D eigenvalue weighted by Gasteiger charge is -2.46. The van der Waals surface area contributed by atoms with Crippen LogP contribution in [0.1, 0.15) is 62.5 Å². The SMILES string of the molecule is O=C1CCC2(CCN1)CCN(C1CCN(c3ccc4c(c3)CCC4)CC1)CC2. The minimum absolute atomic E-state index is 0.262. The maximum Gasteiger partial charge on any atom is 0.220 e. The van der Waals surface area contributed by atoms with E-state index in [0.29, 0.717) is 5.41 Å². The number of aryl methyl sites for hydroxylation is 2. The zero-order valence-corrected chi connectivity index (χ0v) is 17.2. The molecule has 1 aromatic carbocycles. The molecule has 4 nitrogen and oxygen atoms in total. The Labute approximate surface area is 169 Å². The number of hydrogen-bond donors (Lipinski definition) is 1. The van der Waals surface area contributed by atoms with Gasteiger partial charge in [0.25, 0.3) is 0 Å². The molecule has 5 rings (SSSR count). The van der Waals surface area contributed by atoms with Gasteiger partial charge in [0, 0.05) is 37.8 Å². The molecule has 1 spiro atoms. The fraction of sp³-hybridized carbons (Fsp3) is 0.708. The number of hydrogen-bond acceptors (Lipinski definition) is 3. The predicted octanol–water partition coefficient (Wildman–Crippen LogP) is 3.53. The number of likely N-dealkylation sites (tertiary alicyclic amines) is 1. The monoisotopic (exact) mass is 381 g/mol. The molecule has 0 saturated carbocycles. The lowest BCUT2D eigenvalue weighted by molar-refractivity contribution is -0.121. The van der Waals surface area contributed by atoms with E-state index in [-0.39, 0.29) is 5.91 Å². The van der Waals surface area contributed by atoms with Crippen molar-refractivity contribution in [2.45, 2.75) is 70.3 Å². The highest BCUT2D eigenvalue weighted by Crippen LogP contribution is 2.41. The standard InChI is InChI=1S/C24H35N3O/c28-23-6-9-24(10-13-25-23)11-16-27(17-12-24)21-7-14-26(15-8-21)22-5-4-19-2-1-3-20(19)18-22/h4-5,18,21H,1-3,6-17H2,(H,25,28). The van der Waals surface area contributed by atoms with Crippen LogP contribution in [0.4, 0.5) is 5.69 Å². The number of carbonyl (C=O) groups excluding carboxylic acids is 1. The molecule has 0 bridgehead atoms. The lowest BCUT2D eigenvalue weighted by Crippen LogP contribution is -2.49. The molecule has 1 amide bonds. The maximum absolute atomic E-state index is 11.7. The summed E-state index contributed by atoms with van der Waals surface area (Å²) in [5.41, 5.74) is 5.06. The van der Waals surface area contributed by atoms with Crippen molar-refractivity contribution in [1.82, 2.24) is 10.2 Å². The van der Waals surface area contributed by atoms with Gasteiger partial charge in [0.05, 0.1) is 0 Å². The summed E-state index contributed by atoms with van der Waals surface area (Å²) in [6.45, 7) is 5.75. The number of amides is 1. The number of carbonyl (C=O) groups is 1. The van der Waals surface area contributed by atoms with Crippen LogP contribution >= 0.6 is 0 Å². The minimum atomic E-state index is 0.262. The molecule has 0 atom stereocenters. The summed E-state index contributed by atoms with van der Waals surface area (Å²) < 4.78 is 0. The fourth-order valence-electron chi connectivity index (χ4n) is 6.17. The Bertz CT molecular complexity index is 715. The number of fused-ring (bicyclic) bond motifs is 1. The molecule has 4 heteroatoms. The molecule has 3 aliphatic heterocycles. The highest BCUT2D eigenvalue weighted by atomic mass is 16.1. The van der Waals surface area contributed by atoms with E-state index in [0.717, 1.165) is 25.4 Å². The smallest absolute Gasteiger partial charge is 0.220 e. The highest BCUT2D eigenvalue weighted by molar-refractivity contribution is 5.76. The molecular weight excluding hydrogens is 346 g/mol. The predicted molar refractivity (Wildman–Crippen MR) is 114 cm³/mol. The Hall–Kier alpha value is -1.55. The van der Waals surface area contributed by atoms with E-state index in [4.69, 9.17) is 0 Å². The molecule has 1 aromatic rings. The third-order valence-electron chi connectivity index (χ3n) is 8.15. The van der Waals surface area contributed by atoms with Gasteiger partial charge in [0.2, 0.25) is 5.91 Å². The van der Waals surface area contributed by atoms with E-state index in [1.54, 1.807) is 11.1 Å². The van der Waals surface area contributed by atoms with Crippen LogP contribution < -0.4 is 10.2 Å². The first-order valence-electron chi connectivity index (χ1n) is 11.6. The molecule has 152 valence electrons. The van der Waals surface area contributed by atoms with Crippen LogP contribution in [-0.2, 0) is 17.6 Å². The second kappa shape index (κ2) is 7.70. The van der Waals surface area contributed by atoms with Gasteiger partial charge in [-0.05, 0) is 99.6 Å². The summed E-state index contributed by atoms with van der Waals surface area (Å²) in [6, 6.07) is 7.96. The van der Waals surface area contributed by atoms with E-state index in [9.17, 15) is 4.79 Å². The molecule has 3 saturated heterocycles. The quantitative estimate of drug-likeness (QED) is 0.851.